The van der Waals surface area contributed by atoms with Gasteiger partial charge in [-0.3, -0.25) is 10.1 Å². The van der Waals surface area contributed by atoms with E-state index >= 15 is 0 Å². The Balaban J connectivity index is 1.36. The predicted octanol–water partition coefficient (Wildman–Crippen LogP) is 4.19. The number of aromatic amines is 1. The molecule has 5 rings (SSSR count). The Kier molecular flexibility index (Phi) is 6.78. The van der Waals surface area contributed by atoms with Crippen LogP contribution in [-0.4, -0.2) is 54.3 Å². The van der Waals surface area contributed by atoms with Gasteiger partial charge in [-0.1, -0.05) is 36.4 Å². The minimum Gasteiger partial charge on any atom is -0.448 e. The van der Waals surface area contributed by atoms with Crippen LogP contribution in [0.25, 0.3) is 21.9 Å². The third-order valence-electron chi connectivity index (χ3n) is 6.20. The number of carbonyl (C=O) groups excluding carboxylic acids is 1. The number of H-pyrrole nitrogens is 1. The number of likely N-dealkylation sites (N-methyl/N-ethyl adjacent to an activating group) is 1. The van der Waals surface area contributed by atoms with Gasteiger partial charge in [0.1, 0.15) is 18.3 Å². The van der Waals surface area contributed by atoms with Crippen LogP contribution in [0.4, 0.5) is 14.9 Å². The van der Waals surface area contributed by atoms with E-state index in [1.165, 1.54) is 6.07 Å². The average Bonchev–Trinajstić information content (AvgIpc) is 3.28. The van der Waals surface area contributed by atoms with Gasteiger partial charge in [-0.2, -0.15) is 5.10 Å². The molecule has 0 unspecified atom stereocenters. The molecule has 0 saturated carbocycles. The first-order valence-electron chi connectivity index (χ1n) is 11.9. The van der Waals surface area contributed by atoms with Crippen LogP contribution in [0.3, 0.4) is 0 Å². The summed E-state index contributed by atoms with van der Waals surface area (Å²) >= 11 is 0. The van der Waals surface area contributed by atoms with Gasteiger partial charge in [0.25, 0.3) is 5.56 Å². The molecule has 0 spiro atoms. The van der Waals surface area contributed by atoms with Crippen molar-refractivity contribution in [1.29, 1.82) is 0 Å². The first kappa shape index (κ1) is 24.3. The van der Waals surface area contributed by atoms with Crippen LogP contribution < -0.4 is 10.9 Å². The molecule has 0 fully saturated rings. The fraction of sp³-hybridized carbons (Fsp3) is 0.214. The van der Waals surface area contributed by atoms with E-state index in [4.69, 9.17) is 4.74 Å². The number of halogens is 1. The summed E-state index contributed by atoms with van der Waals surface area (Å²) in [7, 11) is 3.80. The molecule has 8 nitrogen and oxygen atoms in total. The molecule has 0 aliphatic carbocycles. The van der Waals surface area contributed by atoms with Crippen molar-refractivity contribution in [1.82, 2.24) is 20.4 Å². The normalized spacial score (nSPS) is 12.5. The smallest absolute Gasteiger partial charge is 0.412 e. The van der Waals surface area contributed by atoms with Gasteiger partial charge in [-0.15, -0.1) is 0 Å². The van der Waals surface area contributed by atoms with Crippen molar-refractivity contribution in [2.24, 2.45) is 4.99 Å². The Morgan fingerprint density at radius 1 is 1.11 bits per heavy atom. The van der Waals surface area contributed by atoms with Gasteiger partial charge < -0.3 is 9.64 Å². The molecule has 1 aromatic heterocycles. The van der Waals surface area contributed by atoms with Crippen molar-refractivity contribution in [3.05, 3.63) is 93.7 Å². The quantitative estimate of drug-likeness (QED) is 0.414. The zero-order valence-electron chi connectivity index (χ0n) is 20.5. The van der Waals surface area contributed by atoms with Crippen LogP contribution in [-0.2, 0) is 17.6 Å². The van der Waals surface area contributed by atoms with E-state index in [2.05, 4.69) is 20.5 Å². The third-order valence-corrected chi connectivity index (χ3v) is 6.20. The van der Waals surface area contributed by atoms with Gasteiger partial charge in [0.15, 0.2) is 0 Å². The van der Waals surface area contributed by atoms with Crippen LogP contribution in [0.2, 0.25) is 0 Å². The van der Waals surface area contributed by atoms with Crippen molar-refractivity contribution in [3.8, 4) is 11.1 Å². The minimum atomic E-state index is -0.546. The zero-order valence-corrected chi connectivity index (χ0v) is 20.5. The molecule has 0 radical (unpaired) electrons. The van der Waals surface area contributed by atoms with Crippen LogP contribution >= 0.6 is 0 Å². The van der Waals surface area contributed by atoms with Crippen LogP contribution in [0.15, 0.2) is 70.5 Å². The van der Waals surface area contributed by atoms with E-state index in [1.807, 2.05) is 55.4 Å². The molecule has 4 aromatic rings. The van der Waals surface area contributed by atoms with E-state index < -0.39 is 6.09 Å². The summed E-state index contributed by atoms with van der Waals surface area (Å²) in [5.74, 6) is 0.139. The molecule has 3 aromatic carbocycles. The van der Waals surface area contributed by atoms with E-state index in [-0.39, 0.29) is 18.0 Å². The second kappa shape index (κ2) is 10.3. The van der Waals surface area contributed by atoms with Crippen molar-refractivity contribution in [2.75, 3.05) is 27.2 Å². The van der Waals surface area contributed by atoms with Gasteiger partial charge in [-0.05, 0) is 55.1 Å². The molecule has 1 aliphatic rings. The summed E-state index contributed by atoms with van der Waals surface area (Å²) in [6, 6.07) is 17.8. The molecule has 1 amide bonds. The molecular formula is C28H26FN5O3. The highest BCUT2D eigenvalue weighted by atomic mass is 19.1. The van der Waals surface area contributed by atoms with E-state index in [9.17, 15) is 14.0 Å². The topological polar surface area (TPSA) is 99.7 Å². The largest absolute Gasteiger partial charge is 0.448 e. The summed E-state index contributed by atoms with van der Waals surface area (Å²) in [6.45, 7) is 0.909. The number of hydrogen-bond acceptors (Lipinski definition) is 6. The molecule has 2 N–H and O–H groups in total. The fourth-order valence-corrected chi connectivity index (χ4v) is 4.30. The van der Waals surface area contributed by atoms with Gasteiger partial charge >= 0.3 is 6.09 Å². The molecule has 188 valence electrons. The lowest BCUT2D eigenvalue weighted by atomic mass is 9.97. The summed E-state index contributed by atoms with van der Waals surface area (Å²) in [4.78, 5) is 30.6. The lowest BCUT2D eigenvalue weighted by Crippen LogP contribution is -2.32. The van der Waals surface area contributed by atoms with Crippen molar-refractivity contribution >= 4 is 28.4 Å². The highest BCUT2D eigenvalue weighted by Gasteiger charge is 2.19. The maximum Gasteiger partial charge on any atom is 0.412 e. The molecule has 1 aliphatic heterocycles. The minimum absolute atomic E-state index is 0.242. The van der Waals surface area contributed by atoms with E-state index in [0.717, 1.165) is 16.5 Å². The average molecular weight is 500 g/mol. The highest BCUT2D eigenvalue weighted by Crippen LogP contribution is 2.33. The SMILES string of the molecule is CN(C)CCOC(=O)NC1=Nc2cc(-c3cc(Cc4n[nH]c(=O)c5ccccc45)ccc3F)ccc2C1. The van der Waals surface area contributed by atoms with Crippen LogP contribution in [0.1, 0.15) is 16.8 Å². The Hall–Kier alpha value is -4.37. The Morgan fingerprint density at radius 2 is 1.92 bits per heavy atom. The number of hydrogen-bond donors (Lipinski definition) is 2. The maximum absolute atomic E-state index is 14.9. The number of alkyl carbamates (subject to hydrolysis) is 1. The molecule has 0 bridgehead atoms. The van der Waals surface area contributed by atoms with Gasteiger partial charge in [0.05, 0.1) is 16.8 Å². The Labute approximate surface area is 212 Å². The van der Waals surface area contributed by atoms with E-state index in [0.29, 0.717) is 53.1 Å². The number of benzene rings is 3. The molecule has 9 heteroatoms. The molecular weight excluding hydrogens is 473 g/mol. The molecule has 0 saturated heterocycles. The van der Waals surface area contributed by atoms with Crippen LogP contribution in [0, 0.1) is 5.82 Å². The molecule has 0 atom stereocenters. The number of rotatable bonds is 6. The zero-order chi connectivity index (χ0) is 25.9. The first-order valence-corrected chi connectivity index (χ1v) is 11.9. The van der Waals surface area contributed by atoms with Gasteiger partial charge in [0, 0.05) is 30.3 Å². The number of aromatic nitrogens is 2. The predicted molar refractivity (Wildman–Crippen MR) is 141 cm³/mol. The number of amidine groups is 1. The monoisotopic (exact) mass is 499 g/mol. The fourth-order valence-electron chi connectivity index (χ4n) is 4.30. The number of nitrogens with zero attached hydrogens (tertiary/aromatic N) is 3. The lowest BCUT2D eigenvalue weighted by Gasteiger charge is -2.10. The number of fused-ring (bicyclic) bond motifs is 2. The Bertz CT molecular complexity index is 1580. The Morgan fingerprint density at radius 3 is 2.73 bits per heavy atom. The van der Waals surface area contributed by atoms with Crippen molar-refractivity contribution in [2.45, 2.75) is 12.8 Å². The standard InChI is InChI=1S/C28H26FN5O3/c1-34(2)11-12-37-28(36)31-26-16-19-9-8-18(15-24(19)30-26)22-13-17(7-10-23(22)29)14-25-20-5-3-4-6-21(20)27(35)33-32-25/h3-10,13,15H,11-12,14,16H2,1-2H3,(H,33,35)(H,30,31,36). The molecule has 37 heavy (non-hydrogen) atoms. The van der Waals surface area contributed by atoms with Gasteiger partial charge in [0.2, 0.25) is 0 Å². The number of amides is 1. The van der Waals surface area contributed by atoms with E-state index in [1.54, 1.807) is 18.2 Å². The first-order chi connectivity index (χ1) is 17.9. The third kappa shape index (κ3) is 5.41. The highest BCUT2D eigenvalue weighted by molar-refractivity contribution is 6.01. The number of nitrogens with one attached hydrogen (secondary N) is 2. The summed E-state index contributed by atoms with van der Waals surface area (Å²) in [5.41, 5.74) is 4.05. The van der Waals surface area contributed by atoms with Crippen molar-refractivity contribution in [3.63, 3.8) is 0 Å². The second-order valence-corrected chi connectivity index (χ2v) is 9.18. The second-order valence-electron chi connectivity index (χ2n) is 9.18. The van der Waals surface area contributed by atoms with Gasteiger partial charge in [-0.25, -0.2) is 19.3 Å². The lowest BCUT2D eigenvalue weighted by molar-refractivity contribution is 0.142. The van der Waals surface area contributed by atoms with Crippen molar-refractivity contribution < 1.29 is 13.9 Å². The summed E-state index contributed by atoms with van der Waals surface area (Å²) < 4.78 is 20.1. The number of ether oxygens (including phenoxy) is 1. The van der Waals surface area contributed by atoms with Crippen LogP contribution in [0.5, 0.6) is 0 Å². The number of carbonyl (C=O) groups is 1. The number of aliphatic imine (C=N–C) groups is 1. The molecule has 2 heterocycles. The summed E-state index contributed by atoms with van der Waals surface area (Å²) in [5, 5.41) is 10.8. The summed E-state index contributed by atoms with van der Waals surface area (Å²) in [6.07, 6.45) is 0.347. The maximum atomic E-state index is 14.9.